The van der Waals surface area contributed by atoms with Crippen LogP contribution in [0, 0.1) is 11.7 Å². The summed E-state index contributed by atoms with van der Waals surface area (Å²) in [7, 11) is 0. The van der Waals surface area contributed by atoms with E-state index in [9.17, 15) is 22.7 Å². The van der Waals surface area contributed by atoms with E-state index >= 15 is 0 Å². The second-order valence-electron chi connectivity index (χ2n) is 7.50. The second-order valence-corrected chi connectivity index (χ2v) is 7.50. The molecule has 0 atom stereocenters. The van der Waals surface area contributed by atoms with E-state index in [-0.39, 0.29) is 28.7 Å². The van der Waals surface area contributed by atoms with Crippen LogP contribution in [0.5, 0.6) is 5.88 Å². The Bertz CT molecular complexity index is 1100. The van der Waals surface area contributed by atoms with Crippen LogP contribution in [0.1, 0.15) is 24.0 Å². The Labute approximate surface area is 175 Å². The molecule has 1 aliphatic rings. The van der Waals surface area contributed by atoms with E-state index in [1.54, 1.807) is 0 Å². The van der Waals surface area contributed by atoms with Gasteiger partial charge in [-0.25, -0.2) is 4.39 Å². The minimum Gasteiger partial charge on any atom is -0.494 e. The summed E-state index contributed by atoms with van der Waals surface area (Å²) >= 11 is 0. The van der Waals surface area contributed by atoms with Crippen LogP contribution >= 0.6 is 0 Å². The van der Waals surface area contributed by atoms with Gasteiger partial charge in [0.15, 0.2) is 5.88 Å². The van der Waals surface area contributed by atoms with Gasteiger partial charge in [0.2, 0.25) is 0 Å². The number of aliphatic imine (C=N–C) groups is 1. The zero-order chi connectivity index (χ0) is 22.0. The third kappa shape index (κ3) is 4.82. The molecule has 4 rings (SSSR count). The van der Waals surface area contributed by atoms with Gasteiger partial charge in [0, 0.05) is 42.6 Å². The van der Waals surface area contributed by atoms with Crippen LogP contribution in [0.2, 0.25) is 0 Å². The van der Waals surface area contributed by atoms with Crippen LogP contribution in [0.25, 0.3) is 10.9 Å². The van der Waals surface area contributed by atoms with Crippen molar-refractivity contribution >= 4 is 28.5 Å². The van der Waals surface area contributed by atoms with Gasteiger partial charge in [-0.3, -0.25) is 4.99 Å². The van der Waals surface area contributed by atoms with E-state index in [0.717, 1.165) is 18.9 Å². The minimum atomic E-state index is -4.56. The number of nitrogens with zero attached hydrogens (tertiary/aromatic N) is 1. The Morgan fingerprint density at radius 2 is 1.94 bits per heavy atom. The molecule has 2 heterocycles. The first-order valence-corrected chi connectivity index (χ1v) is 9.88. The lowest BCUT2D eigenvalue weighted by Gasteiger charge is -2.23. The first-order valence-electron chi connectivity index (χ1n) is 9.88. The summed E-state index contributed by atoms with van der Waals surface area (Å²) in [6.45, 7) is 1.68. The van der Waals surface area contributed by atoms with Crippen molar-refractivity contribution in [3.8, 4) is 5.88 Å². The summed E-state index contributed by atoms with van der Waals surface area (Å²) in [5.74, 6) is -0.478. The molecular weight excluding hydrogens is 414 g/mol. The first-order chi connectivity index (χ1) is 14.8. The molecule has 2 aromatic carbocycles. The number of nitrogens with one attached hydrogen (secondary N) is 2. The summed E-state index contributed by atoms with van der Waals surface area (Å²) < 4.78 is 59.7. The topological polar surface area (TPSA) is 69.6 Å². The highest BCUT2D eigenvalue weighted by Gasteiger charge is 2.34. The fourth-order valence-electron chi connectivity index (χ4n) is 3.65. The number of aromatic amines is 1. The summed E-state index contributed by atoms with van der Waals surface area (Å²) in [5, 5.41) is 13.4. The lowest BCUT2D eigenvalue weighted by Crippen LogP contribution is -2.23. The van der Waals surface area contributed by atoms with Gasteiger partial charge in [0.25, 0.3) is 0 Å². The van der Waals surface area contributed by atoms with Crippen LogP contribution in [0.15, 0.2) is 41.4 Å². The summed E-state index contributed by atoms with van der Waals surface area (Å²) in [6.07, 6.45) is -1.72. The smallest absolute Gasteiger partial charge is 0.418 e. The highest BCUT2D eigenvalue weighted by Crippen LogP contribution is 2.37. The van der Waals surface area contributed by atoms with Crippen LogP contribution in [0.4, 0.5) is 28.9 Å². The number of aromatic nitrogens is 1. The van der Waals surface area contributed by atoms with Gasteiger partial charge in [0.1, 0.15) is 5.82 Å². The van der Waals surface area contributed by atoms with Crippen LogP contribution in [0.3, 0.4) is 0 Å². The van der Waals surface area contributed by atoms with Crippen molar-refractivity contribution in [2.75, 3.05) is 25.1 Å². The fraction of sp³-hybridized carbons (Fsp3) is 0.318. The van der Waals surface area contributed by atoms with Gasteiger partial charge < -0.3 is 20.1 Å². The minimum absolute atomic E-state index is 0.00467. The molecule has 0 unspecified atom stereocenters. The maximum atomic E-state index is 13.6. The molecule has 1 aromatic heterocycles. The maximum Gasteiger partial charge on any atom is 0.418 e. The Morgan fingerprint density at radius 1 is 1.16 bits per heavy atom. The molecule has 0 bridgehead atoms. The maximum absolute atomic E-state index is 13.6. The molecule has 1 fully saturated rings. The van der Waals surface area contributed by atoms with Gasteiger partial charge in [-0.2, -0.15) is 13.2 Å². The second kappa shape index (κ2) is 8.58. The van der Waals surface area contributed by atoms with Crippen molar-refractivity contribution in [2.24, 2.45) is 10.9 Å². The number of ether oxygens (including phenoxy) is 1. The fourth-order valence-corrected chi connectivity index (χ4v) is 3.65. The van der Waals surface area contributed by atoms with Crippen molar-refractivity contribution < 1.29 is 27.4 Å². The predicted molar refractivity (Wildman–Crippen MR) is 111 cm³/mol. The average molecular weight is 435 g/mol. The molecule has 9 heteroatoms. The Kier molecular flexibility index (Phi) is 5.86. The summed E-state index contributed by atoms with van der Waals surface area (Å²) in [5.41, 5.74) is -0.0683. The van der Waals surface area contributed by atoms with E-state index < -0.39 is 17.6 Å². The molecule has 164 valence electrons. The standard InChI is InChI=1S/C22H21F4N3O2/c23-14-1-3-19-16(9-14)17(21(30)29-19)12-27-15-2-4-20(18(10-15)22(24,25)26)28-11-13-5-7-31-8-6-13/h1-4,9-10,12-13,28-30H,5-8,11H2. The third-order valence-electron chi connectivity index (χ3n) is 5.35. The lowest BCUT2D eigenvalue weighted by atomic mass is 10.00. The highest BCUT2D eigenvalue weighted by molar-refractivity contribution is 6.02. The first kappa shape index (κ1) is 21.2. The van der Waals surface area contributed by atoms with E-state index in [1.165, 1.54) is 36.5 Å². The van der Waals surface area contributed by atoms with Crippen molar-refractivity contribution in [2.45, 2.75) is 19.0 Å². The molecule has 0 radical (unpaired) electrons. The molecule has 31 heavy (non-hydrogen) atoms. The van der Waals surface area contributed by atoms with E-state index in [1.807, 2.05) is 0 Å². The summed E-state index contributed by atoms with van der Waals surface area (Å²) in [4.78, 5) is 6.76. The summed E-state index contributed by atoms with van der Waals surface area (Å²) in [6, 6.07) is 7.68. The van der Waals surface area contributed by atoms with Gasteiger partial charge >= 0.3 is 6.18 Å². The largest absolute Gasteiger partial charge is 0.494 e. The number of benzene rings is 2. The van der Waals surface area contributed by atoms with Crippen molar-refractivity contribution in [3.63, 3.8) is 0 Å². The van der Waals surface area contributed by atoms with E-state index in [4.69, 9.17) is 4.74 Å². The third-order valence-corrected chi connectivity index (χ3v) is 5.35. The molecule has 0 amide bonds. The van der Waals surface area contributed by atoms with Gasteiger partial charge in [0.05, 0.1) is 16.8 Å². The molecule has 0 spiro atoms. The number of halogens is 4. The number of hydrogen-bond donors (Lipinski definition) is 3. The quantitative estimate of drug-likeness (QED) is 0.360. The van der Waals surface area contributed by atoms with Gasteiger partial charge in [-0.1, -0.05) is 0 Å². The Morgan fingerprint density at radius 3 is 2.68 bits per heavy atom. The van der Waals surface area contributed by atoms with Gasteiger partial charge in [-0.05, 0) is 55.2 Å². The van der Waals surface area contributed by atoms with E-state index in [2.05, 4.69) is 15.3 Å². The van der Waals surface area contributed by atoms with Crippen LogP contribution in [-0.2, 0) is 10.9 Å². The molecular formula is C22H21F4N3O2. The normalized spacial score (nSPS) is 15.7. The number of alkyl halides is 3. The van der Waals surface area contributed by atoms with Gasteiger partial charge in [-0.15, -0.1) is 0 Å². The SMILES string of the molecule is Oc1[nH]c2ccc(F)cc2c1C=Nc1ccc(NCC2CCOCC2)c(C(F)(F)F)c1. The molecule has 0 saturated carbocycles. The molecule has 1 saturated heterocycles. The number of hydrogen-bond acceptors (Lipinski definition) is 4. The van der Waals surface area contributed by atoms with Crippen LogP contribution < -0.4 is 5.32 Å². The predicted octanol–water partition coefficient (Wildman–Crippen LogP) is 5.62. The monoisotopic (exact) mass is 435 g/mol. The molecule has 0 aliphatic carbocycles. The molecule has 3 N–H and O–H groups in total. The number of fused-ring (bicyclic) bond motifs is 1. The Balaban J connectivity index is 1.59. The zero-order valence-corrected chi connectivity index (χ0v) is 16.5. The zero-order valence-electron chi connectivity index (χ0n) is 16.5. The average Bonchev–Trinajstić information content (AvgIpc) is 3.05. The Hall–Kier alpha value is -3.07. The lowest BCUT2D eigenvalue weighted by molar-refractivity contribution is -0.136. The molecule has 1 aliphatic heterocycles. The van der Waals surface area contributed by atoms with Crippen molar-refractivity contribution in [1.29, 1.82) is 0 Å². The van der Waals surface area contributed by atoms with Crippen LogP contribution in [-0.4, -0.2) is 36.1 Å². The highest BCUT2D eigenvalue weighted by atomic mass is 19.4. The van der Waals surface area contributed by atoms with Crippen molar-refractivity contribution in [3.05, 3.63) is 53.3 Å². The molecule has 5 nitrogen and oxygen atoms in total. The van der Waals surface area contributed by atoms with E-state index in [0.29, 0.717) is 30.7 Å². The number of aromatic hydroxyl groups is 1. The number of H-pyrrole nitrogens is 1. The number of rotatable bonds is 5. The number of anilines is 1. The van der Waals surface area contributed by atoms with Crippen molar-refractivity contribution in [1.82, 2.24) is 4.98 Å². The molecule has 3 aromatic rings.